The standard InChI is InChI=1S/C11H23N5O2S/c1-11(2,3)16-9-10(14-15-16)8-12-6-5-7-13-19(4,17)18/h9,12-13H,5-8H2,1-4H3. The van der Waals surface area contributed by atoms with Crippen molar-refractivity contribution in [2.24, 2.45) is 0 Å². The predicted molar refractivity (Wildman–Crippen MR) is 74.2 cm³/mol. The van der Waals surface area contributed by atoms with Crippen LogP contribution in [-0.4, -0.2) is 42.8 Å². The Kier molecular flexibility index (Phi) is 5.45. The molecule has 0 aliphatic carbocycles. The molecule has 0 bridgehead atoms. The Balaban J connectivity index is 2.22. The minimum atomic E-state index is -3.08. The molecule has 0 fully saturated rings. The quantitative estimate of drug-likeness (QED) is 0.693. The van der Waals surface area contributed by atoms with Crippen molar-refractivity contribution in [1.82, 2.24) is 25.0 Å². The third-order valence-corrected chi connectivity index (χ3v) is 3.16. The first kappa shape index (κ1) is 16.1. The Morgan fingerprint density at radius 2 is 2.00 bits per heavy atom. The number of nitrogens with one attached hydrogen (secondary N) is 2. The Morgan fingerprint density at radius 1 is 1.32 bits per heavy atom. The molecule has 110 valence electrons. The van der Waals surface area contributed by atoms with Crippen LogP contribution in [0.4, 0.5) is 0 Å². The van der Waals surface area contributed by atoms with Crippen LogP contribution in [0, 0.1) is 0 Å². The fourth-order valence-corrected chi connectivity index (χ4v) is 1.91. The zero-order valence-electron chi connectivity index (χ0n) is 12.0. The van der Waals surface area contributed by atoms with Gasteiger partial charge in [-0.2, -0.15) is 0 Å². The number of hydrogen-bond acceptors (Lipinski definition) is 5. The van der Waals surface area contributed by atoms with E-state index in [1.54, 1.807) is 0 Å². The molecule has 1 heterocycles. The highest BCUT2D eigenvalue weighted by Gasteiger charge is 2.14. The number of rotatable bonds is 7. The van der Waals surface area contributed by atoms with Crippen LogP contribution in [0.15, 0.2) is 6.20 Å². The van der Waals surface area contributed by atoms with Crippen molar-refractivity contribution >= 4 is 10.0 Å². The van der Waals surface area contributed by atoms with Crippen LogP contribution >= 0.6 is 0 Å². The zero-order chi connectivity index (χ0) is 14.5. The molecule has 0 aromatic carbocycles. The summed E-state index contributed by atoms with van der Waals surface area (Å²) in [5, 5.41) is 11.4. The first-order chi connectivity index (χ1) is 8.68. The molecule has 0 spiro atoms. The molecule has 0 unspecified atom stereocenters. The smallest absolute Gasteiger partial charge is 0.208 e. The Morgan fingerprint density at radius 3 is 2.53 bits per heavy atom. The van der Waals surface area contributed by atoms with Crippen LogP contribution < -0.4 is 10.0 Å². The fourth-order valence-electron chi connectivity index (χ4n) is 1.39. The summed E-state index contributed by atoms with van der Waals surface area (Å²) in [7, 11) is -3.08. The molecule has 0 amide bonds. The van der Waals surface area contributed by atoms with Crippen molar-refractivity contribution in [3.8, 4) is 0 Å². The van der Waals surface area contributed by atoms with E-state index in [9.17, 15) is 8.42 Å². The van der Waals surface area contributed by atoms with Crippen molar-refractivity contribution in [2.75, 3.05) is 19.3 Å². The van der Waals surface area contributed by atoms with E-state index in [1.807, 2.05) is 10.9 Å². The van der Waals surface area contributed by atoms with Gasteiger partial charge in [-0.25, -0.2) is 17.8 Å². The molecule has 1 aromatic rings. The molecule has 0 aliphatic heterocycles. The zero-order valence-corrected chi connectivity index (χ0v) is 12.8. The second-order valence-electron chi connectivity index (χ2n) is 5.52. The van der Waals surface area contributed by atoms with E-state index in [-0.39, 0.29) is 5.54 Å². The van der Waals surface area contributed by atoms with E-state index in [0.29, 0.717) is 13.1 Å². The fraction of sp³-hybridized carbons (Fsp3) is 0.818. The number of sulfonamides is 1. The highest BCUT2D eigenvalue weighted by molar-refractivity contribution is 7.88. The lowest BCUT2D eigenvalue weighted by atomic mass is 10.1. The lowest BCUT2D eigenvalue weighted by Crippen LogP contribution is -2.26. The van der Waals surface area contributed by atoms with E-state index in [4.69, 9.17) is 0 Å². The van der Waals surface area contributed by atoms with Gasteiger partial charge in [0.1, 0.15) is 0 Å². The van der Waals surface area contributed by atoms with Gasteiger partial charge in [0.25, 0.3) is 0 Å². The maximum Gasteiger partial charge on any atom is 0.208 e. The Hall–Kier alpha value is -0.990. The highest BCUT2D eigenvalue weighted by atomic mass is 32.2. The van der Waals surface area contributed by atoms with E-state index in [1.165, 1.54) is 0 Å². The van der Waals surface area contributed by atoms with Crippen LogP contribution in [0.25, 0.3) is 0 Å². The predicted octanol–water partition coefficient (Wildman–Crippen LogP) is 0.0620. The summed E-state index contributed by atoms with van der Waals surface area (Å²) in [6.45, 7) is 8.00. The lowest BCUT2D eigenvalue weighted by Gasteiger charge is -2.17. The molecule has 1 rings (SSSR count). The lowest BCUT2D eigenvalue weighted by molar-refractivity contribution is 0.347. The molecule has 0 radical (unpaired) electrons. The van der Waals surface area contributed by atoms with Crippen molar-refractivity contribution in [1.29, 1.82) is 0 Å². The molecular weight excluding hydrogens is 266 g/mol. The topological polar surface area (TPSA) is 88.9 Å². The van der Waals surface area contributed by atoms with Gasteiger partial charge in [-0.05, 0) is 33.7 Å². The van der Waals surface area contributed by atoms with Crippen molar-refractivity contribution in [3.63, 3.8) is 0 Å². The van der Waals surface area contributed by atoms with Crippen LogP contribution in [0.1, 0.15) is 32.9 Å². The second kappa shape index (κ2) is 6.44. The Labute approximate surface area is 114 Å². The minimum absolute atomic E-state index is 0.0648. The van der Waals surface area contributed by atoms with Crippen LogP contribution in [0.3, 0.4) is 0 Å². The summed E-state index contributed by atoms with van der Waals surface area (Å²) in [5.41, 5.74) is 0.816. The largest absolute Gasteiger partial charge is 0.311 e. The van der Waals surface area contributed by atoms with Gasteiger partial charge in [0.2, 0.25) is 10.0 Å². The molecule has 0 saturated carbocycles. The normalized spacial score (nSPS) is 12.8. The van der Waals surface area contributed by atoms with Gasteiger partial charge in [0, 0.05) is 13.1 Å². The van der Waals surface area contributed by atoms with Gasteiger partial charge in [-0.3, -0.25) is 0 Å². The number of nitrogens with zero attached hydrogens (tertiary/aromatic N) is 3. The van der Waals surface area contributed by atoms with Gasteiger partial charge in [-0.1, -0.05) is 5.21 Å². The van der Waals surface area contributed by atoms with Crippen molar-refractivity contribution in [3.05, 3.63) is 11.9 Å². The Bertz CT molecular complexity index is 489. The highest BCUT2D eigenvalue weighted by Crippen LogP contribution is 2.11. The van der Waals surface area contributed by atoms with E-state index < -0.39 is 10.0 Å². The molecule has 8 heteroatoms. The molecule has 2 N–H and O–H groups in total. The van der Waals surface area contributed by atoms with Gasteiger partial charge in [0.15, 0.2) is 0 Å². The third-order valence-electron chi connectivity index (χ3n) is 2.43. The minimum Gasteiger partial charge on any atom is -0.311 e. The number of hydrogen-bond donors (Lipinski definition) is 2. The average molecular weight is 289 g/mol. The molecule has 0 saturated heterocycles. The third kappa shape index (κ3) is 6.65. The molecule has 19 heavy (non-hydrogen) atoms. The SMILES string of the molecule is CC(C)(C)n1cc(CNCCCNS(C)(=O)=O)nn1. The summed E-state index contributed by atoms with van der Waals surface area (Å²) in [6, 6.07) is 0. The summed E-state index contributed by atoms with van der Waals surface area (Å²) in [4.78, 5) is 0. The maximum atomic E-state index is 10.8. The van der Waals surface area contributed by atoms with E-state index in [0.717, 1.165) is 24.9 Å². The van der Waals surface area contributed by atoms with Gasteiger partial charge < -0.3 is 5.32 Å². The van der Waals surface area contributed by atoms with Gasteiger partial charge in [0.05, 0.1) is 23.7 Å². The van der Waals surface area contributed by atoms with Crippen molar-refractivity contribution < 1.29 is 8.42 Å². The molecule has 1 aromatic heterocycles. The summed E-state index contributed by atoms with van der Waals surface area (Å²) in [5.74, 6) is 0. The van der Waals surface area contributed by atoms with Crippen LogP contribution in [0.5, 0.6) is 0 Å². The first-order valence-electron chi connectivity index (χ1n) is 6.25. The maximum absolute atomic E-state index is 10.8. The van der Waals surface area contributed by atoms with Crippen molar-refractivity contribution in [2.45, 2.75) is 39.3 Å². The van der Waals surface area contributed by atoms with Gasteiger partial charge >= 0.3 is 0 Å². The summed E-state index contributed by atoms with van der Waals surface area (Å²) in [6.07, 6.45) is 3.81. The number of aromatic nitrogens is 3. The summed E-state index contributed by atoms with van der Waals surface area (Å²) < 4.78 is 25.9. The van der Waals surface area contributed by atoms with E-state index in [2.05, 4.69) is 41.1 Å². The monoisotopic (exact) mass is 289 g/mol. The van der Waals surface area contributed by atoms with Crippen LogP contribution in [0.2, 0.25) is 0 Å². The van der Waals surface area contributed by atoms with E-state index >= 15 is 0 Å². The van der Waals surface area contributed by atoms with Crippen LogP contribution in [-0.2, 0) is 22.1 Å². The molecular formula is C11H23N5O2S. The first-order valence-corrected chi connectivity index (χ1v) is 8.15. The molecule has 0 atom stereocenters. The average Bonchev–Trinajstić information content (AvgIpc) is 2.69. The summed E-state index contributed by atoms with van der Waals surface area (Å²) >= 11 is 0. The van der Waals surface area contributed by atoms with Gasteiger partial charge in [-0.15, -0.1) is 5.10 Å². The molecule has 0 aliphatic rings. The second-order valence-corrected chi connectivity index (χ2v) is 7.36. The molecule has 7 nitrogen and oxygen atoms in total.